The normalized spacial score (nSPS) is 15.0. The summed E-state index contributed by atoms with van der Waals surface area (Å²) in [5.74, 6) is 0.989. The number of carbonyl (C=O) groups is 1. The number of fused-ring (bicyclic) bond motifs is 1. The van der Waals surface area contributed by atoms with Gasteiger partial charge in [0.2, 0.25) is 5.95 Å². The van der Waals surface area contributed by atoms with Gasteiger partial charge >= 0.3 is 0 Å². The van der Waals surface area contributed by atoms with Crippen LogP contribution in [0.25, 0.3) is 11.0 Å². The minimum Gasteiger partial charge on any atom is -0.349 e. The van der Waals surface area contributed by atoms with Crippen molar-refractivity contribution in [3.8, 4) is 0 Å². The van der Waals surface area contributed by atoms with E-state index in [9.17, 15) is 4.79 Å². The van der Waals surface area contributed by atoms with Crippen molar-refractivity contribution >= 4 is 28.6 Å². The molecular formula is C20H24N6O. The molecular weight excluding hydrogens is 340 g/mol. The number of anilines is 2. The number of hydrogen-bond acceptors (Lipinski definition) is 5. The molecule has 0 saturated carbocycles. The van der Waals surface area contributed by atoms with Crippen LogP contribution in [0.15, 0.2) is 36.5 Å². The lowest BCUT2D eigenvalue weighted by Crippen LogP contribution is -2.28. The van der Waals surface area contributed by atoms with Crippen LogP contribution in [0.5, 0.6) is 0 Å². The first-order valence-electron chi connectivity index (χ1n) is 9.26. The van der Waals surface area contributed by atoms with Gasteiger partial charge in [0.25, 0.3) is 5.91 Å². The standard InChI is InChI=1S/C20H24N6O/c1-26(2)20-24-16-6-5-14(12-17(16)25-20)23-19(27)15-4-3-9-22-18(15)13-7-10-21-11-8-13/h3-6,9,12-13,21H,7-8,10-11H2,1-2H3,(H,23,27)(H,24,25). The number of carbonyl (C=O) groups excluding carboxylic acids is 1. The average molecular weight is 364 g/mol. The number of nitrogens with zero attached hydrogens (tertiary/aromatic N) is 3. The lowest BCUT2D eigenvalue weighted by molar-refractivity contribution is 0.102. The number of pyridine rings is 1. The number of amides is 1. The molecule has 1 amide bonds. The molecule has 1 aliphatic heterocycles. The summed E-state index contributed by atoms with van der Waals surface area (Å²) in [5, 5.41) is 6.37. The number of hydrogen-bond donors (Lipinski definition) is 3. The maximum absolute atomic E-state index is 12.9. The first-order chi connectivity index (χ1) is 13.1. The molecule has 0 unspecified atom stereocenters. The first kappa shape index (κ1) is 17.5. The number of piperidine rings is 1. The molecule has 0 bridgehead atoms. The average Bonchev–Trinajstić information content (AvgIpc) is 3.12. The largest absolute Gasteiger partial charge is 0.349 e. The van der Waals surface area contributed by atoms with Crippen LogP contribution in [0.2, 0.25) is 0 Å². The van der Waals surface area contributed by atoms with E-state index in [0.717, 1.165) is 54.3 Å². The van der Waals surface area contributed by atoms with E-state index < -0.39 is 0 Å². The summed E-state index contributed by atoms with van der Waals surface area (Å²) in [6.45, 7) is 1.93. The fourth-order valence-electron chi connectivity index (χ4n) is 3.51. The molecule has 3 N–H and O–H groups in total. The fourth-order valence-corrected chi connectivity index (χ4v) is 3.51. The number of aromatic nitrogens is 3. The number of rotatable bonds is 4. The second kappa shape index (κ2) is 7.36. The van der Waals surface area contributed by atoms with E-state index in [4.69, 9.17) is 0 Å². The highest BCUT2D eigenvalue weighted by Gasteiger charge is 2.22. The number of nitrogens with one attached hydrogen (secondary N) is 3. The number of benzene rings is 1. The van der Waals surface area contributed by atoms with Crippen molar-refractivity contribution in [2.24, 2.45) is 0 Å². The minimum atomic E-state index is -0.122. The third-order valence-corrected chi connectivity index (χ3v) is 4.96. The maximum atomic E-state index is 12.9. The van der Waals surface area contributed by atoms with E-state index in [-0.39, 0.29) is 5.91 Å². The molecule has 1 aromatic carbocycles. The summed E-state index contributed by atoms with van der Waals surface area (Å²) in [4.78, 5) is 27.1. The zero-order chi connectivity index (χ0) is 18.8. The van der Waals surface area contributed by atoms with Gasteiger partial charge in [-0.05, 0) is 56.3 Å². The van der Waals surface area contributed by atoms with Gasteiger partial charge in [0.1, 0.15) is 0 Å². The Labute approximate surface area is 158 Å². The second-order valence-electron chi connectivity index (χ2n) is 7.10. The molecule has 0 atom stereocenters. The summed E-state index contributed by atoms with van der Waals surface area (Å²) in [6.07, 6.45) is 3.78. The highest BCUT2D eigenvalue weighted by atomic mass is 16.1. The van der Waals surface area contributed by atoms with Crippen molar-refractivity contribution in [3.63, 3.8) is 0 Å². The Kier molecular flexibility index (Phi) is 4.77. The van der Waals surface area contributed by atoms with Gasteiger partial charge in [0.05, 0.1) is 22.3 Å². The predicted molar refractivity (Wildman–Crippen MR) is 107 cm³/mol. The van der Waals surface area contributed by atoms with Crippen molar-refractivity contribution in [2.75, 3.05) is 37.4 Å². The van der Waals surface area contributed by atoms with Crippen molar-refractivity contribution in [1.29, 1.82) is 0 Å². The molecule has 1 saturated heterocycles. The molecule has 7 nitrogen and oxygen atoms in total. The molecule has 1 aliphatic rings. The van der Waals surface area contributed by atoms with E-state index >= 15 is 0 Å². The van der Waals surface area contributed by atoms with Gasteiger partial charge < -0.3 is 20.5 Å². The van der Waals surface area contributed by atoms with Gasteiger partial charge in [-0.2, -0.15) is 0 Å². The highest BCUT2D eigenvalue weighted by Crippen LogP contribution is 2.27. The van der Waals surface area contributed by atoms with E-state index in [0.29, 0.717) is 11.5 Å². The van der Waals surface area contributed by atoms with Gasteiger partial charge in [-0.25, -0.2) is 4.98 Å². The van der Waals surface area contributed by atoms with Gasteiger partial charge in [0, 0.05) is 31.9 Å². The Morgan fingerprint density at radius 2 is 2.04 bits per heavy atom. The second-order valence-corrected chi connectivity index (χ2v) is 7.10. The zero-order valence-corrected chi connectivity index (χ0v) is 15.6. The Morgan fingerprint density at radius 3 is 2.81 bits per heavy atom. The summed E-state index contributed by atoms with van der Waals surface area (Å²) >= 11 is 0. The van der Waals surface area contributed by atoms with Crippen LogP contribution in [0.4, 0.5) is 11.6 Å². The van der Waals surface area contributed by atoms with Gasteiger partial charge in [0.15, 0.2) is 0 Å². The number of imidazole rings is 1. The third kappa shape index (κ3) is 3.64. The van der Waals surface area contributed by atoms with Crippen LogP contribution in [0.3, 0.4) is 0 Å². The molecule has 3 aromatic rings. The minimum absolute atomic E-state index is 0.122. The van der Waals surface area contributed by atoms with Gasteiger partial charge in [-0.3, -0.25) is 9.78 Å². The topological polar surface area (TPSA) is 85.9 Å². The van der Waals surface area contributed by atoms with Crippen LogP contribution in [0, 0.1) is 0 Å². The Hall–Kier alpha value is -2.93. The first-order valence-corrected chi connectivity index (χ1v) is 9.26. The lowest BCUT2D eigenvalue weighted by Gasteiger charge is -2.23. The van der Waals surface area contributed by atoms with Crippen molar-refractivity contribution in [1.82, 2.24) is 20.3 Å². The van der Waals surface area contributed by atoms with Crippen molar-refractivity contribution < 1.29 is 4.79 Å². The molecule has 7 heteroatoms. The monoisotopic (exact) mass is 364 g/mol. The lowest BCUT2D eigenvalue weighted by atomic mass is 9.91. The molecule has 3 heterocycles. The molecule has 4 rings (SSSR count). The molecule has 2 aromatic heterocycles. The number of H-pyrrole nitrogens is 1. The molecule has 0 radical (unpaired) electrons. The van der Waals surface area contributed by atoms with E-state index in [1.807, 2.05) is 49.3 Å². The number of aromatic amines is 1. The van der Waals surface area contributed by atoms with E-state index in [1.54, 1.807) is 6.20 Å². The summed E-state index contributed by atoms with van der Waals surface area (Å²) in [6, 6.07) is 9.37. The van der Waals surface area contributed by atoms with Crippen LogP contribution in [-0.4, -0.2) is 48.0 Å². The van der Waals surface area contributed by atoms with Gasteiger partial charge in [-0.15, -0.1) is 0 Å². The molecule has 0 aliphatic carbocycles. The van der Waals surface area contributed by atoms with Crippen LogP contribution in [-0.2, 0) is 0 Å². The highest BCUT2D eigenvalue weighted by molar-refractivity contribution is 6.05. The quantitative estimate of drug-likeness (QED) is 0.663. The molecule has 0 spiro atoms. The molecule has 140 valence electrons. The van der Waals surface area contributed by atoms with Crippen LogP contribution >= 0.6 is 0 Å². The predicted octanol–water partition coefficient (Wildman–Crippen LogP) is 2.74. The van der Waals surface area contributed by atoms with Crippen molar-refractivity contribution in [3.05, 3.63) is 47.8 Å². The summed E-state index contributed by atoms with van der Waals surface area (Å²) in [7, 11) is 3.87. The third-order valence-electron chi connectivity index (χ3n) is 4.96. The summed E-state index contributed by atoms with van der Waals surface area (Å²) < 4.78 is 0. The fraction of sp³-hybridized carbons (Fsp3) is 0.350. The van der Waals surface area contributed by atoms with Crippen molar-refractivity contribution in [2.45, 2.75) is 18.8 Å². The van der Waals surface area contributed by atoms with Gasteiger partial charge in [-0.1, -0.05) is 0 Å². The Bertz CT molecular complexity index is 958. The molecule has 1 fully saturated rings. The smallest absolute Gasteiger partial charge is 0.257 e. The van der Waals surface area contributed by atoms with Crippen LogP contribution < -0.4 is 15.5 Å². The Morgan fingerprint density at radius 1 is 1.22 bits per heavy atom. The Balaban J connectivity index is 1.58. The zero-order valence-electron chi connectivity index (χ0n) is 15.6. The maximum Gasteiger partial charge on any atom is 0.257 e. The van der Waals surface area contributed by atoms with E-state index in [1.165, 1.54) is 0 Å². The molecule has 27 heavy (non-hydrogen) atoms. The van der Waals surface area contributed by atoms with E-state index in [2.05, 4.69) is 25.6 Å². The summed E-state index contributed by atoms with van der Waals surface area (Å²) in [5.41, 5.74) is 4.05. The SMILES string of the molecule is CN(C)c1nc2ccc(NC(=O)c3cccnc3C3CCNCC3)cc2[nH]1. The van der Waals surface area contributed by atoms with Crippen LogP contribution in [0.1, 0.15) is 34.8 Å².